The number of amides is 1. The first-order valence-corrected chi connectivity index (χ1v) is 7.98. The van der Waals surface area contributed by atoms with Gasteiger partial charge in [0, 0.05) is 11.8 Å². The number of rotatable bonds is 1. The number of cyclic esters (lactones) is 1. The summed E-state index contributed by atoms with van der Waals surface area (Å²) in [7, 11) is 0. The molecule has 3 fully saturated rings. The zero-order valence-corrected chi connectivity index (χ0v) is 13.1. The molecule has 2 aliphatic heterocycles. The Bertz CT molecular complexity index is 475. The Morgan fingerprint density at radius 2 is 1.76 bits per heavy atom. The third-order valence-corrected chi connectivity index (χ3v) is 5.36. The molecule has 2 atom stereocenters. The Labute approximate surface area is 125 Å². The van der Waals surface area contributed by atoms with E-state index >= 15 is 0 Å². The van der Waals surface area contributed by atoms with Gasteiger partial charge in [-0.05, 0) is 19.3 Å². The van der Waals surface area contributed by atoms with Crippen molar-refractivity contribution in [2.24, 2.45) is 5.41 Å². The zero-order valence-electron chi connectivity index (χ0n) is 13.1. The van der Waals surface area contributed by atoms with Gasteiger partial charge in [-0.15, -0.1) is 0 Å². The molecular weight excluding hydrogens is 270 g/mol. The summed E-state index contributed by atoms with van der Waals surface area (Å²) in [5.41, 5.74) is -2.64. The molecule has 0 spiro atoms. The summed E-state index contributed by atoms with van der Waals surface area (Å²) in [5.74, 6) is -0.475. The highest BCUT2D eigenvalue weighted by Gasteiger charge is 2.71. The van der Waals surface area contributed by atoms with E-state index in [-0.39, 0.29) is 11.3 Å². The summed E-state index contributed by atoms with van der Waals surface area (Å²) in [6.07, 6.45) is 4.14. The number of esters is 1. The molecule has 3 rings (SSSR count). The summed E-state index contributed by atoms with van der Waals surface area (Å²) in [6, 6.07) is 0. The maximum absolute atomic E-state index is 12.7. The average Bonchev–Trinajstić information content (AvgIpc) is 2.89. The molecule has 2 saturated heterocycles. The number of hydrogen-bond acceptors (Lipinski definition) is 4. The second kappa shape index (κ2) is 4.45. The Morgan fingerprint density at radius 1 is 1.14 bits per heavy atom. The number of carbonyl (C=O) groups excluding carboxylic acids is 2. The maximum atomic E-state index is 12.7. The van der Waals surface area contributed by atoms with E-state index in [2.05, 4.69) is 0 Å². The molecule has 0 bridgehead atoms. The average molecular weight is 295 g/mol. The van der Waals surface area contributed by atoms with Gasteiger partial charge in [-0.25, -0.2) is 4.79 Å². The van der Waals surface area contributed by atoms with Crippen LogP contribution in [0.2, 0.25) is 0 Å². The highest BCUT2D eigenvalue weighted by molar-refractivity contribution is 5.95. The first kappa shape index (κ1) is 14.8. The molecule has 0 aromatic rings. The lowest BCUT2D eigenvalue weighted by Gasteiger charge is -2.46. The Kier molecular flexibility index (Phi) is 3.14. The second-order valence-corrected chi connectivity index (χ2v) is 7.84. The van der Waals surface area contributed by atoms with Crippen LogP contribution in [-0.4, -0.2) is 39.3 Å². The first-order valence-electron chi connectivity index (χ1n) is 7.98. The Morgan fingerprint density at radius 3 is 2.33 bits per heavy atom. The van der Waals surface area contributed by atoms with Crippen LogP contribution < -0.4 is 0 Å². The van der Waals surface area contributed by atoms with Crippen molar-refractivity contribution in [3.63, 3.8) is 0 Å². The van der Waals surface area contributed by atoms with Crippen LogP contribution >= 0.6 is 0 Å². The topological polar surface area (TPSA) is 66.8 Å². The number of ether oxygens (including phenoxy) is 1. The van der Waals surface area contributed by atoms with E-state index in [1.807, 2.05) is 20.8 Å². The zero-order chi connectivity index (χ0) is 15.5. The molecule has 0 aromatic heterocycles. The quantitative estimate of drug-likeness (QED) is 0.751. The Hall–Kier alpha value is -1.10. The van der Waals surface area contributed by atoms with Gasteiger partial charge >= 0.3 is 5.97 Å². The standard InChI is InChI=1S/C16H25NO4/c1-14(2,3)12-17-11(18)7-10-16(17,13(19)21-12)15(20)8-5-4-6-9-15/h12,20H,4-10H2,1-3H3/t12-,16+/m1/s1. The minimum atomic E-state index is -1.15. The molecule has 118 valence electrons. The minimum absolute atomic E-state index is 0.0697. The molecule has 0 unspecified atom stereocenters. The lowest BCUT2D eigenvalue weighted by atomic mass is 9.69. The molecule has 1 aliphatic carbocycles. The number of aliphatic hydroxyl groups is 1. The second-order valence-electron chi connectivity index (χ2n) is 7.84. The molecule has 5 nitrogen and oxygen atoms in total. The molecule has 21 heavy (non-hydrogen) atoms. The van der Waals surface area contributed by atoms with E-state index in [4.69, 9.17) is 4.74 Å². The van der Waals surface area contributed by atoms with E-state index in [9.17, 15) is 14.7 Å². The van der Waals surface area contributed by atoms with Crippen LogP contribution in [0.5, 0.6) is 0 Å². The van der Waals surface area contributed by atoms with Gasteiger partial charge in [0.1, 0.15) is 0 Å². The monoisotopic (exact) mass is 295 g/mol. The van der Waals surface area contributed by atoms with Gasteiger partial charge in [0.2, 0.25) is 5.91 Å². The highest BCUT2D eigenvalue weighted by atomic mass is 16.6. The normalized spacial score (nSPS) is 35.8. The summed E-state index contributed by atoms with van der Waals surface area (Å²) in [6.45, 7) is 5.87. The third kappa shape index (κ3) is 1.86. The van der Waals surface area contributed by atoms with Gasteiger partial charge in [-0.3, -0.25) is 9.69 Å². The number of nitrogens with zero attached hydrogens (tertiary/aromatic N) is 1. The Balaban J connectivity index is 2.07. The molecular formula is C16H25NO4. The van der Waals surface area contributed by atoms with Crippen molar-refractivity contribution in [1.29, 1.82) is 0 Å². The predicted molar refractivity (Wildman–Crippen MR) is 76.2 cm³/mol. The SMILES string of the molecule is CC(C)(C)[C@H]1OC(=O)[C@]2(C3(O)CCCCC3)CCC(=O)N12. The van der Waals surface area contributed by atoms with Crippen molar-refractivity contribution in [2.45, 2.75) is 83.1 Å². The van der Waals surface area contributed by atoms with Gasteiger partial charge < -0.3 is 9.84 Å². The molecule has 1 amide bonds. The molecule has 1 N–H and O–H groups in total. The van der Waals surface area contributed by atoms with Gasteiger partial charge in [0.15, 0.2) is 11.8 Å². The van der Waals surface area contributed by atoms with Crippen molar-refractivity contribution in [2.75, 3.05) is 0 Å². The number of fused-ring (bicyclic) bond motifs is 1. The van der Waals surface area contributed by atoms with Gasteiger partial charge in [0.25, 0.3) is 0 Å². The molecule has 1 saturated carbocycles. The van der Waals surface area contributed by atoms with Crippen molar-refractivity contribution < 1.29 is 19.4 Å². The maximum Gasteiger partial charge on any atom is 0.337 e. The fraction of sp³-hybridized carbons (Fsp3) is 0.875. The molecule has 0 aromatic carbocycles. The van der Waals surface area contributed by atoms with E-state index in [1.54, 1.807) is 4.90 Å². The molecule has 0 radical (unpaired) electrons. The van der Waals surface area contributed by atoms with E-state index in [0.717, 1.165) is 19.3 Å². The minimum Gasteiger partial charge on any atom is -0.439 e. The largest absolute Gasteiger partial charge is 0.439 e. The summed E-state index contributed by atoms with van der Waals surface area (Å²) >= 11 is 0. The van der Waals surface area contributed by atoms with Crippen LogP contribution in [0.1, 0.15) is 65.7 Å². The summed E-state index contributed by atoms with van der Waals surface area (Å²) in [4.78, 5) is 26.7. The number of hydrogen-bond donors (Lipinski definition) is 1. The lowest BCUT2D eigenvalue weighted by Crippen LogP contribution is -2.65. The van der Waals surface area contributed by atoms with Crippen LogP contribution in [0, 0.1) is 5.41 Å². The third-order valence-electron chi connectivity index (χ3n) is 5.36. The van der Waals surface area contributed by atoms with Crippen molar-refractivity contribution >= 4 is 11.9 Å². The van der Waals surface area contributed by atoms with Crippen LogP contribution in [0.15, 0.2) is 0 Å². The van der Waals surface area contributed by atoms with Gasteiger partial charge in [0.05, 0.1) is 5.60 Å². The molecule has 2 heterocycles. The van der Waals surface area contributed by atoms with Crippen molar-refractivity contribution in [1.82, 2.24) is 4.90 Å². The van der Waals surface area contributed by atoms with Crippen LogP contribution in [-0.2, 0) is 14.3 Å². The van der Waals surface area contributed by atoms with Crippen LogP contribution in [0.4, 0.5) is 0 Å². The van der Waals surface area contributed by atoms with Gasteiger partial charge in [-0.2, -0.15) is 0 Å². The molecule has 5 heteroatoms. The van der Waals surface area contributed by atoms with Crippen LogP contribution in [0.25, 0.3) is 0 Å². The van der Waals surface area contributed by atoms with E-state index < -0.39 is 23.3 Å². The predicted octanol–water partition coefficient (Wildman–Crippen LogP) is 1.97. The summed E-state index contributed by atoms with van der Waals surface area (Å²) in [5, 5.41) is 11.2. The van der Waals surface area contributed by atoms with Crippen LogP contribution in [0.3, 0.4) is 0 Å². The van der Waals surface area contributed by atoms with E-state index in [1.165, 1.54) is 0 Å². The first-order chi connectivity index (χ1) is 9.72. The van der Waals surface area contributed by atoms with Crippen molar-refractivity contribution in [3.05, 3.63) is 0 Å². The smallest absolute Gasteiger partial charge is 0.337 e. The fourth-order valence-corrected chi connectivity index (χ4v) is 4.29. The summed E-state index contributed by atoms with van der Waals surface area (Å²) < 4.78 is 5.59. The highest BCUT2D eigenvalue weighted by Crippen LogP contribution is 2.53. The number of carbonyl (C=O) groups is 2. The lowest BCUT2D eigenvalue weighted by molar-refractivity contribution is -0.161. The van der Waals surface area contributed by atoms with Gasteiger partial charge in [-0.1, -0.05) is 40.0 Å². The fourth-order valence-electron chi connectivity index (χ4n) is 4.29. The van der Waals surface area contributed by atoms with Crippen molar-refractivity contribution in [3.8, 4) is 0 Å². The molecule has 3 aliphatic rings. The van der Waals surface area contributed by atoms with E-state index in [0.29, 0.717) is 25.7 Å².